The van der Waals surface area contributed by atoms with E-state index in [9.17, 15) is 13.2 Å². The first kappa shape index (κ1) is 24.9. The van der Waals surface area contributed by atoms with E-state index >= 15 is 0 Å². The highest BCUT2D eigenvalue weighted by atomic mass is 32.2. The lowest BCUT2D eigenvalue weighted by molar-refractivity contribution is -0.123. The van der Waals surface area contributed by atoms with E-state index in [1.807, 2.05) is 56.4 Å². The number of amides is 1. The number of rotatable bonds is 6. The van der Waals surface area contributed by atoms with Gasteiger partial charge in [0.1, 0.15) is 10.0 Å². The molecule has 0 bridgehead atoms. The van der Waals surface area contributed by atoms with Gasteiger partial charge in [0.15, 0.2) is 0 Å². The maximum Gasteiger partial charge on any atom is 0.266 e. The number of hydrogen-bond donors (Lipinski definition) is 0. The summed E-state index contributed by atoms with van der Waals surface area (Å²) in [6, 6.07) is 16.5. The Balaban J connectivity index is 1.61. The van der Waals surface area contributed by atoms with Crippen LogP contribution in [0.3, 0.4) is 0 Å². The van der Waals surface area contributed by atoms with Gasteiger partial charge in [-0.25, -0.2) is 13.1 Å². The zero-order valence-corrected chi connectivity index (χ0v) is 22.4. The van der Waals surface area contributed by atoms with Gasteiger partial charge in [-0.05, 0) is 57.0 Å². The Bertz CT molecular complexity index is 1460. The van der Waals surface area contributed by atoms with Gasteiger partial charge in [-0.15, -0.1) is 0 Å². The molecule has 3 aromatic rings. The number of benzene rings is 2. The second kappa shape index (κ2) is 9.93. The number of aromatic nitrogens is 2. The SMILES string of the molecule is CC(C)N1C(=O)/C(=C/c2cn(-c3ccccc3)nc2-c2cccc(S(=O)(=O)N3CCCC3)c2)SC1=S. The number of para-hydroxylation sites is 1. The molecule has 0 N–H and O–H groups in total. The molecule has 0 atom stereocenters. The molecule has 5 rings (SSSR count). The molecule has 1 amide bonds. The van der Waals surface area contributed by atoms with Crippen LogP contribution in [-0.2, 0) is 14.8 Å². The van der Waals surface area contributed by atoms with E-state index in [0.29, 0.717) is 39.1 Å². The summed E-state index contributed by atoms with van der Waals surface area (Å²) in [5.74, 6) is -0.135. The fourth-order valence-electron chi connectivity index (χ4n) is 4.38. The van der Waals surface area contributed by atoms with E-state index in [0.717, 1.165) is 18.5 Å². The second-order valence-corrected chi connectivity index (χ2v) is 12.6. The molecule has 0 aliphatic carbocycles. The highest BCUT2D eigenvalue weighted by Crippen LogP contribution is 2.36. The number of thiocarbonyl (C=S) groups is 1. The van der Waals surface area contributed by atoms with Crippen molar-refractivity contribution in [2.24, 2.45) is 0 Å². The van der Waals surface area contributed by atoms with Gasteiger partial charge in [0, 0.05) is 36.5 Å². The Hall–Kier alpha value is -2.79. The summed E-state index contributed by atoms with van der Waals surface area (Å²) in [5.41, 5.74) is 2.82. The van der Waals surface area contributed by atoms with E-state index in [1.165, 1.54) is 16.1 Å². The van der Waals surface area contributed by atoms with Crippen LogP contribution < -0.4 is 0 Å². The van der Waals surface area contributed by atoms with Crippen molar-refractivity contribution in [3.63, 3.8) is 0 Å². The molecule has 0 radical (unpaired) electrons. The van der Waals surface area contributed by atoms with Crippen molar-refractivity contribution in [3.05, 3.63) is 71.3 Å². The van der Waals surface area contributed by atoms with Crippen molar-refractivity contribution in [1.29, 1.82) is 0 Å². The van der Waals surface area contributed by atoms with E-state index < -0.39 is 10.0 Å². The number of thioether (sulfide) groups is 1. The molecule has 0 saturated carbocycles. The quantitative estimate of drug-likeness (QED) is 0.327. The van der Waals surface area contributed by atoms with Gasteiger partial charge in [0.25, 0.3) is 5.91 Å². The number of carbonyl (C=O) groups is 1. The minimum Gasteiger partial charge on any atom is -0.290 e. The number of nitrogens with zero attached hydrogens (tertiary/aromatic N) is 4. The first-order valence-electron chi connectivity index (χ1n) is 11.8. The molecule has 7 nitrogen and oxygen atoms in total. The highest BCUT2D eigenvalue weighted by Gasteiger charge is 2.34. The molecule has 2 aliphatic heterocycles. The first-order chi connectivity index (χ1) is 17.3. The van der Waals surface area contributed by atoms with Crippen LogP contribution >= 0.6 is 24.0 Å². The topological polar surface area (TPSA) is 75.5 Å². The lowest BCUT2D eigenvalue weighted by Gasteiger charge is -2.18. The predicted octanol–water partition coefficient (Wildman–Crippen LogP) is 4.93. The van der Waals surface area contributed by atoms with Crippen LogP contribution in [0.5, 0.6) is 0 Å². The van der Waals surface area contributed by atoms with E-state index in [-0.39, 0.29) is 16.8 Å². The summed E-state index contributed by atoms with van der Waals surface area (Å²) < 4.78 is 30.2. The molecule has 10 heteroatoms. The van der Waals surface area contributed by atoms with Crippen LogP contribution in [0.1, 0.15) is 32.3 Å². The largest absolute Gasteiger partial charge is 0.290 e. The molecule has 2 saturated heterocycles. The van der Waals surface area contributed by atoms with Crippen LogP contribution in [-0.4, -0.2) is 56.8 Å². The lowest BCUT2D eigenvalue weighted by atomic mass is 10.1. The Kier molecular flexibility index (Phi) is 6.86. The van der Waals surface area contributed by atoms with Crippen LogP contribution in [0, 0.1) is 0 Å². The van der Waals surface area contributed by atoms with Crippen molar-refractivity contribution in [2.45, 2.75) is 37.6 Å². The Morgan fingerprint density at radius 1 is 1.06 bits per heavy atom. The van der Waals surface area contributed by atoms with Crippen LogP contribution in [0.2, 0.25) is 0 Å². The molecular weight excluding hydrogens is 513 g/mol. The van der Waals surface area contributed by atoms with Crippen molar-refractivity contribution in [3.8, 4) is 16.9 Å². The molecule has 36 heavy (non-hydrogen) atoms. The van der Waals surface area contributed by atoms with Crippen molar-refractivity contribution in [2.75, 3.05) is 13.1 Å². The number of hydrogen-bond acceptors (Lipinski definition) is 6. The van der Waals surface area contributed by atoms with E-state index in [2.05, 4.69) is 0 Å². The number of carbonyl (C=O) groups excluding carboxylic acids is 1. The van der Waals surface area contributed by atoms with Crippen molar-refractivity contribution < 1.29 is 13.2 Å². The average Bonchev–Trinajstić information content (AvgIpc) is 3.60. The standard InChI is InChI=1S/C26H26N4O3S3/c1-18(2)30-25(31)23(35-26(30)34)16-20-17-29(21-10-4-3-5-11-21)27-24(20)19-9-8-12-22(15-19)36(32,33)28-13-6-7-14-28/h3-5,8-12,15-18H,6-7,13-14H2,1-2H3/b23-16-. The van der Waals surface area contributed by atoms with Gasteiger partial charge in [-0.3, -0.25) is 9.69 Å². The third kappa shape index (κ3) is 4.66. The smallest absolute Gasteiger partial charge is 0.266 e. The van der Waals surface area contributed by atoms with Gasteiger partial charge in [0.05, 0.1) is 15.5 Å². The third-order valence-corrected chi connectivity index (χ3v) is 9.43. The zero-order valence-electron chi connectivity index (χ0n) is 20.0. The van der Waals surface area contributed by atoms with Gasteiger partial charge in [-0.1, -0.05) is 54.3 Å². The second-order valence-electron chi connectivity index (χ2n) is 9.00. The molecule has 2 aromatic carbocycles. The maximum atomic E-state index is 13.2. The first-order valence-corrected chi connectivity index (χ1v) is 14.4. The summed E-state index contributed by atoms with van der Waals surface area (Å²) in [5, 5.41) is 4.81. The van der Waals surface area contributed by atoms with Gasteiger partial charge < -0.3 is 0 Å². The minimum absolute atomic E-state index is 0.0395. The van der Waals surface area contributed by atoms with E-state index in [1.54, 1.807) is 33.9 Å². The zero-order chi connectivity index (χ0) is 25.4. The predicted molar refractivity (Wildman–Crippen MR) is 147 cm³/mol. The Labute approximate surface area is 220 Å². The molecule has 3 heterocycles. The maximum absolute atomic E-state index is 13.2. The summed E-state index contributed by atoms with van der Waals surface area (Å²) >= 11 is 6.71. The summed E-state index contributed by atoms with van der Waals surface area (Å²) in [6.07, 6.45) is 5.40. The molecule has 0 spiro atoms. The van der Waals surface area contributed by atoms with Crippen LogP contribution in [0.15, 0.2) is 70.6 Å². The van der Waals surface area contributed by atoms with Crippen LogP contribution in [0.25, 0.3) is 23.0 Å². The highest BCUT2D eigenvalue weighted by molar-refractivity contribution is 8.26. The van der Waals surface area contributed by atoms with Gasteiger partial charge >= 0.3 is 0 Å². The summed E-state index contributed by atoms with van der Waals surface area (Å²) in [6.45, 7) is 4.94. The minimum atomic E-state index is -3.58. The fourth-order valence-corrected chi connectivity index (χ4v) is 7.46. The summed E-state index contributed by atoms with van der Waals surface area (Å²) in [4.78, 5) is 15.4. The Morgan fingerprint density at radius 2 is 1.78 bits per heavy atom. The van der Waals surface area contributed by atoms with Gasteiger partial charge in [-0.2, -0.15) is 9.40 Å². The van der Waals surface area contributed by atoms with Gasteiger partial charge in [0.2, 0.25) is 10.0 Å². The summed E-state index contributed by atoms with van der Waals surface area (Å²) in [7, 11) is -3.58. The average molecular weight is 539 g/mol. The monoisotopic (exact) mass is 538 g/mol. The van der Waals surface area contributed by atoms with E-state index in [4.69, 9.17) is 17.3 Å². The lowest BCUT2D eigenvalue weighted by Crippen LogP contribution is -2.34. The fraction of sp³-hybridized carbons (Fsp3) is 0.269. The molecule has 2 fully saturated rings. The number of sulfonamides is 1. The Morgan fingerprint density at radius 3 is 2.44 bits per heavy atom. The molecule has 186 valence electrons. The molecular formula is C26H26N4O3S3. The van der Waals surface area contributed by atoms with Crippen molar-refractivity contribution in [1.82, 2.24) is 19.0 Å². The third-order valence-electron chi connectivity index (χ3n) is 6.20. The van der Waals surface area contributed by atoms with Crippen molar-refractivity contribution >= 4 is 50.3 Å². The normalized spacial score (nSPS) is 18.2. The molecule has 1 aromatic heterocycles. The van der Waals surface area contributed by atoms with Crippen LogP contribution in [0.4, 0.5) is 0 Å². The molecule has 0 unspecified atom stereocenters. The molecule has 2 aliphatic rings.